The first-order valence-electron chi connectivity index (χ1n) is 7.70. The molecule has 1 aromatic rings. The fourth-order valence-corrected chi connectivity index (χ4v) is 3.29. The number of aliphatic carboxylic acids is 1. The second kappa shape index (κ2) is 5.09. The summed E-state index contributed by atoms with van der Waals surface area (Å²) >= 11 is 0. The topological polar surface area (TPSA) is 77.8 Å². The Labute approximate surface area is 129 Å². The number of carboxylic acid groups (broad SMARTS) is 1. The van der Waals surface area contributed by atoms with Crippen LogP contribution >= 0.6 is 0 Å². The molecule has 0 bridgehead atoms. The van der Waals surface area contributed by atoms with E-state index in [-0.39, 0.29) is 18.7 Å². The van der Waals surface area contributed by atoms with Gasteiger partial charge in [0.25, 0.3) is 0 Å². The van der Waals surface area contributed by atoms with Crippen molar-refractivity contribution >= 4 is 11.9 Å². The molecule has 0 aromatic heterocycles. The predicted octanol–water partition coefficient (Wildman–Crippen LogP) is 1.46. The van der Waals surface area contributed by atoms with Gasteiger partial charge in [-0.2, -0.15) is 0 Å². The fourth-order valence-electron chi connectivity index (χ4n) is 3.29. The molecule has 22 heavy (non-hydrogen) atoms. The molecule has 1 aromatic carbocycles. The Morgan fingerprint density at radius 2 is 1.77 bits per heavy atom. The highest BCUT2D eigenvalue weighted by atomic mass is 16.4. The van der Waals surface area contributed by atoms with Gasteiger partial charge in [0.05, 0.1) is 5.41 Å². The van der Waals surface area contributed by atoms with Gasteiger partial charge in [-0.3, -0.25) is 4.79 Å². The lowest BCUT2D eigenvalue weighted by Gasteiger charge is -2.37. The maximum Gasteiger partial charge on any atom is 0.335 e. The number of hydrogen-bond acceptors (Lipinski definition) is 3. The molecule has 5 heteroatoms. The van der Waals surface area contributed by atoms with Crippen molar-refractivity contribution in [3.05, 3.63) is 35.4 Å². The maximum absolute atomic E-state index is 12.9. The number of piperidine rings is 1. The zero-order valence-electron chi connectivity index (χ0n) is 12.7. The Bertz CT molecular complexity index is 613. The number of hydrogen-bond donors (Lipinski definition) is 2. The summed E-state index contributed by atoms with van der Waals surface area (Å²) < 4.78 is 0. The van der Waals surface area contributed by atoms with E-state index in [1.807, 2.05) is 25.1 Å². The minimum absolute atomic E-state index is 0.0746. The summed E-state index contributed by atoms with van der Waals surface area (Å²) in [5, 5.41) is 19.0. The Balaban J connectivity index is 1.74. The molecular formula is C17H21NO4. The molecule has 1 saturated heterocycles. The van der Waals surface area contributed by atoms with Crippen molar-refractivity contribution in [3.8, 4) is 0 Å². The number of carboxylic acids is 1. The van der Waals surface area contributed by atoms with Crippen LogP contribution in [0.3, 0.4) is 0 Å². The number of nitrogens with zero attached hydrogens (tertiary/aromatic N) is 1. The summed E-state index contributed by atoms with van der Waals surface area (Å²) in [5.41, 5.74) is 0.0775. The van der Waals surface area contributed by atoms with Gasteiger partial charge >= 0.3 is 5.97 Å². The zero-order chi connectivity index (χ0) is 16.0. The maximum atomic E-state index is 12.9. The van der Waals surface area contributed by atoms with Crippen LogP contribution in [0.2, 0.25) is 0 Å². The predicted molar refractivity (Wildman–Crippen MR) is 80.5 cm³/mol. The van der Waals surface area contributed by atoms with Gasteiger partial charge in [0.2, 0.25) is 5.91 Å². The summed E-state index contributed by atoms with van der Waals surface area (Å²) in [5.74, 6) is -1.12. The molecule has 1 aliphatic carbocycles. The first-order valence-corrected chi connectivity index (χ1v) is 7.70. The standard InChI is InChI=1S/C17H21NO4/c1-12-3-2-4-13(11-12)16(5-6-16)14(19)18-9-7-17(22,8-10-18)15(20)21/h2-4,11,22H,5-10H2,1H3,(H,20,21). The van der Waals surface area contributed by atoms with E-state index in [4.69, 9.17) is 5.11 Å². The third-order valence-corrected chi connectivity index (χ3v) is 5.01. The molecule has 0 spiro atoms. The van der Waals surface area contributed by atoms with Gasteiger partial charge in [-0.05, 0) is 25.3 Å². The average molecular weight is 303 g/mol. The largest absolute Gasteiger partial charge is 0.479 e. The van der Waals surface area contributed by atoms with Crippen molar-refractivity contribution in [2.75, 3.05) is 13.1 Å². The Kier molecular flexibility index (Phi) is 3.48. The summed E-state index contributed by atoms with van der Waals surface area (Å²) in [4.78, 5) is 25.7. The van der Waals surface area contributed by atoms with Gasteiger partial charge in [0, 0.05) is 25.9 Å². The highest BCUT2D eigenvalue weighted by molar-refractivity contribution is 5.91. The van der Waals surface area contributed by atoms with Crippen LogP contribution in [0.5, 0.6) is 0 Å². The van der Waals surface area contributed by atoms with Crippen molar-refractivity contribution in [2.24, 2.45) is 0 Å². The molecule has 0 unspecified atom stereocenters. The number of rotatable bonds is 3. The van der Waals surface area contributed by atoms with Crippen molar-refractivity contribution in [1.29, 1.82) is 0 Å². The zero-order valence-corrected chi connectivity index (χ0v) is 12.7. The molecule has 0 radical (unpaired) electrons. The normalized spacial score (nSPS) is 22.2. The lowest BCUT2D eigenvalue weighted by Crippen LogP contribution is -2.52. The van der Waals surface area contributed by atoms with Crippen molar-refractivity contribution in [1.82, 2.24) is 4.90 Å². The quantitative estimate of drug-likeness (QED) is 0.886. The molecule has 1 aliphatic heterocycles. The number of amides is 1. The Morgan fingerprint density at radius 3 is 2.27 bits per heavy atom. The van der Waals surface area contributed by atoms with Crippen LogP contribution in [0.4, 0.5) is 0 Å². The second-order valence-corrected chi connectivity index (χ2v) is 6.58. The van der Waals surface area contributed by atoms with Crippen LogP contribution in [0, 0.1) is 6.92 Å². The van der Waals surface area contributed by atoms with Crippen LogP contribution in [-0.4, -0.2) is 45.7 Å². The fraction of sp³-hybridized carbons (Fsp3) is 0.529. The number of likely N-dealkylation sites (tertiary alicyclic amines) is 1. The highest BCUT2D eigenvalue weighted by Crippen LogP contribution is 2.50. The van der Waals surface area contributed by atoms with E-state index in [1.54, 1.807) is 4.90 Å². The van der Waals surface area contributed by atoms with E-state index in [0.717, 1.165) is 24.0 Å². The lowest BCUT2D eigenvalue weighted by atomic mass is 9.88. The lowest BCUT2D eigenvalue weighted by molar-refractivity contribution is -0.165. The molecule has 3 rings (SSSR count). The minimum Gasteiger partial charge on any atom is -0.479 e. The number of benzene rings is 1. The van der Waals surface area contributed by atoms with E-state index in [2.05, 4.69) is 6.07 Å². The summed E-state index contributed by atoms with van der Waals surface area (Å²) in [6, 6.07) is 8.03. The molecular weight excluding hydrogens is 282 g/mol. The van der Waals surface area contributed by atoms with Crippen molar-refractivity contribution in [2.45, 2.75) is 43.6 Å². The van der Waals surface area contributed by atoms with Gasteiger partial charge in [-0.1, -0.05) is 29.8 Å². The van der Waals surface area contributed by atoms with E-state index in [1.165, 1.54) is 0 Å². The molecule has 2 N–H and O–H groups in total. The van der Waals surface area contributed by atoms with Crippen molar-refractivity contribution < 1.29 is 19.8 Å². The van der Waals surface area contributed by atoms with E-state index in [0.29, 0.717) is 13.1 Å². The highest BCUT2D eigenvalue weighted by Gasteiger charge is 2.54. The molecule has 1 saturated carbocycles. The Hall–Kier alpha value is -1.88. The molecule has 0 atom stereocenters. The molecule has 118 valence electrons. The van der Waals surface area contributed by atoms with Gasteiger partial charge in [-0.25, -0.2) is 4.79 Å². The number of aliphatic hydroxyl groups is 1. The minimum atomic E-state index is -1.68. The van der Waals surface area contributed by atoms with Crippen LogP contribution in [0.25, 0.3) is 0 Å². The van der Waals surface area contributed by atoms with Gasteiger partial charge in [-0.15, -0.1) is 0 Å². The first kappa shape index (κ1) is 15.0. The second-order valence-electron chi connectivity index (χ2n) is 6.58. The molecule has 1 amide bonds. The van der Waals surface area contributed by atoms with E-state index < -0.39 is 17.0 Å². The smallest absolute Gasteiger partial charge is 0.335 e. The van der Waals surface area contributed by atoms with Gasteiger partial charge < -0.3 is 15.1 Å². The molecule has 2 fully saturated rings. The third kappa shape index (κ3) is 2.39. The summed E-state index contributed by atoms with van der Waals surface area (Å²) in [6.07, 6.45) is 1.87. The molecule has 2 aliphatic rings. The van der Waals surface area contributed by atoms with Crippen molar-refractivity contribution in [3.63, 3.8) is 0 Å². The number of carbonyl (C=O) groups excluding carboxylic acids is 1. The van der Waals surface area contributed by atoms with Gasteiger partial charge in [0.15, 0.2) is 5.60 Å². The monoisotopic (exact) mass is 303 g/mol. The average Bonchev–Trinajstić information content (AvgIpc) is 3.29. The van der Waals surface area contributed by atoms with Crippen LogP contribution in [0.1, 0.15) is 36.8 Å². The van der Waals surface area contributed by atoms with Crippen LogP contribution < -0.4 is 0 Å². The molecule has 5 nitrogen and oxygen atoms in total. The van der Waals surface area contributed by atoms with E-state index in [9.17, 15) is 14.7 Å². The number of aryl methyl sites for hydroxylation is 1. The summed E-state index contributed by atoms with van der Waals surface area (Å²) in [6.45, 7) is 2.61. The Morgan fingerprint density at radius 1 is 1.14 bits per heavy atom. The summed E-state index contributed by atoms with van der Waals surface area (Å²) in [7, 11) is 0. The number of carbonyl (C=O) groups is 2. The SMILES string of the molecule is Cc1cccc(C2(C(=O)N3CCC(O)(C(=O)O)CC3)CC2)c1. The van der Waals surface area contributed by atoms with E-state index >= 15 is 0 Å². The van der Waals surface area contributed by atoms with Gasteiger partial charge in [0.1, 0.15) is 0 Å². The van der Waals surface area contributed by atoms with Crippen LogP contribution in [-0.2, 0) is 15.0 Å². The first-order chi connectivity index (χ1) is 10.4. The van der Waals surface area contributed by atoms with Crippen LogP contribution in [0.15, 0.2) is 24.3 Å². The molecule has 1 heterocycles. The third-order valence-electron chi connectivity index (χ3n) is 5.01.